The van der Waals surface area contributed by atoms with E-state index < -0.39 is 17.6 Å². The molecule has 0 radical (unpaired) electrons. The Kier molecular flexibility index (Phi) is 3.10. The SMILES string of the molecule is CC(N)OS(=O)[O-]. The molecule has 0 heterocycles. The summed E-state index contributed by atoms with van der Waals surface area (Å²) in [4.78, 5) is 0. The van der Waals surface area contributed by atoms with Crippen molar-refractivity contribution in [3.05, 3.63) is 0 Å². The van der Waals surface area contributed by atoms with E-state index in [-0.39, 0.29) is 0 Å². The molecule has 0 aliphatic carbocycles. The van der Waals surface area contributed by atoms with Crippen LogP contribution in [0.25, 0.3) is 0 Å². The highest BCUT2D eigenvalue weighted by atomic mass is 32.2. The molecule has 0 aromatic rings. The van der Waals surface area contributed by atoms with Gasteiger partial charge in [0.1, 0.15) is 6.23 Å². The highest BCUT2D eigenvalue weighted by Gasteiger charge is 1.88. The van der Waals surface area contributed by atoms with Gasteiger partial charge in [0, 0.05) is 0 Å². The first-order valence-electron chi connectivity index (χ1n) is 1.65. The van der Waals surface area contributed by atoms with Crippen LogP contribution in [0.3, 0.4) is 0 Å². The molecule has 5 heteroatoms. The van der Waals surface area contributed by atoms with Crippen molar-refractivity contribution in [1.29, 1.82) is 0 Å². The van der Waals surface area contributed by atoms with Gasteiger partial charge in [-0.3, -0.25) is 4.18 Å². The molecule has 0 bridgehead atoms. The Morgan fingerprint density at radius 2 is 2.43 bits per heavy atom. The zero-order valence-corrected chi connectivity index (χ0v) is 4.60. The molecule has 44 valence electrons. The summed E-state index contributed by atoms with van der Waals surface area (Å²) in [6.07, 6.45) is -0.738. The number of rotatable bonds is 2. The van der Waals surface area contributed by atoms with Gasteiger partial charge in [-0.25, -0.2) is 4.21 Å². The zero-order valence-electron chi connectivity index (χ0n) is 3.79. The van der Waals surface area contributed by atoms with Crippen LogP contribution < -0.4 is 5.73 Å². The molecule has 0 saturated carbocycles. The van der Waals surface area contributed by atoms with Gasteiger partial charge in [0.25, 0.3) is 0 Å². The normalized spacial score (nSPS) is 18.7. The van der Waals surface area contributed by atoms with Crippen LogP contribution in [-0.2, 0) is 15.5 Å². The van der Waals surface area contributed by atoms with Gasteiger partial charge in [-0.15, -0.1) is 0 Å². The first-order valence-corrected chi connectivity index (χ1v) is 2.65. The van der Waals surface area contributed by atoms with Gasteiger partial charge >= 0.3 is 0 Å². The summed E-state index contributed by atoms with van der Waals surface area (Å²) >= 11 is -2.47. The summed E-state index contributed by atoms with van der Waals surface area (Å²) in [7, 11) is 0. The minimum absolute atomic E-state index is 0.738. The molecule has 7 heavy (non-hydrogen) atoms. The van der Waals surface area contributed by atoms with Crippen molar-refractivity contribution in [2.24, 2.45) is 5.73 Å². The molecule has 0 amide bonds. The molecule has 2 unspecified atom stereocenters. The van der Waals surface area contributed by atoms with E-state index in [4.69, 9.17) is 5.73 Å². The van der Waals surface area contributed by atoms with Crippen molar-refractivity contribution < 1.29 is 12.9 Å². The Morgan fingerprint density at radius 1 is 2.00 bits per heavy atom. The van der Waals surface area contributed by atoms with Crippen molar-refractivity contribution >= 4 is 11.4 Å². The Labute approximate surface area is 44.1 Å². The van der Waals surface area contributed by atoms with E-state index >= 15 is 0 Å². The molecule has 0 spiro atoms. The van der Waals surface area contributed by atoms with Crippen molar-refractivity contribution in [3.63, 3.8) is 0 Å². The first-order chi connectivity index (χ1) is 3.13. The van der Waals surface area contributed by atoms with Crippen LogP contribution in [0.15, 0.2) is 0 Å². The second kappa shape index (κ2) is 3.09. The van der Waals surface area contributed by atoms with E-state index in [2.05, 4.69) is 4.18 Å². The van der Waals surface area contributed by atoms with Crippen LogP contribution in [0.2, 0.25) is 0 Å². The van der Waals surface area contributed by atoms with E-state index in [1.54, 1.807) is 0 Å². The molecule has 0 aliphatic rings. The summed E-state index contributed by atoms with van der Waals surface area (Å²) in [5, 5.41) is 0. The third-order valence-corrected chi connectivity index (χ3v) is 0.691. The monoisotopic (exact) mass is 124 g/mol. The van der Waals surface area contributed by atoms with Crippen molar-refractivity contribution in [2.75, 3.05) is 0 Å². The van der Waals surface area contributed by atoms with Crippen LogP contribution in [-0.4, -0.2) is 15.0 Å². The fourth-order valence-corrected chi connectivity index (χ4v) is 0.372. The molecule has 0 aromatic heterocycles. The highest BCUT2D eigenvalue weighted by Crippen LogP contribution is 1.80. The van der Waals surface area contributed by atoms with E-state index in [0.29, 0.717) is 0 Å². The predicted octanol–water partition coefficient (Wildman–Crippen LogP) is -0.898. The third-order valence-electron chi connectivity index (χ3n) is 0.230. The van der Waals surface area contributed by atoms with E-state index in [1.165, 1.54) is 6.92 Å². The largest absolute Gasteiger partial charge is 0.750 e. The average molecular weight is 124 g/mol. The van der Waals surface area contributed by atoms with Crippen molar-refractivity contribution in [3.8, 4) is 0 Å². The molecule has 2 N–H and O–H groups in total. The fraction of sp³-hybridized carbons (Fsp3) is 1.00. The molecular weight excluding hydrogens is 118 g/mol. The zero-order chi connectivity index (χ0) is 5.86. The predicted molar refractivity (Wildman–Crippen MR) is 23.7 cm³/mol. The van der Waals surface area contributed by atoms with Gasteiger partial charge < -0.3 is 10.3 Å². The van der Waals surface area contributed by atoms with Gasteiger partial charge in [0.15, 0.2) is 0 Å². The molecule has 0 fully saturated rings. The Morgan fingerprint density at radius 3 is 2.43 bits per heavy atom. The van der Waals surface area contributed by atoms with Crippen LogP contribution in [0.4, 0.5) is 0 Å². The molecule has 0 rings (SSSR count). The number of hydrogen-bond acceptors (Lipinski definition) is 4. The van der Waals surface area contributed by atoms with Crippen LogP contribution in [0.1, 0.15) is 6.92 Å². The molecule has 0 aromatic carbocycles. The lowest BCUT2D eigenvalue weighted by Gasteiger charge is -2.06. The van der Waals surface area contributed by atoms with E-state index in [1.807, 2.05) is 0 Å². The lowest BCUT2D eigenvalue weighted by Crippen LogP contribution is -2.19. The number of hydrogen-bond donors (Lipinski definition) is 1. The maximum Gasteiger partial charge on any atom is 0.118 e. The minimum Gasteiger partial charge on any atom is -0.750 e. The van der Waals surface area contributed by atoms with Gasteiger partial charge in [-0.1, -0.05) is 0 Å². The summed E-state index contributed by atoms with van der Waals surface area (Å²) in [6, 6.07) is 0. The summed E-state index contributed by atoms with van der Waals surface area (Å²) < 4.78 is 23.0. The minimum atomic E-state index is -2.47. The van der Waals surface area contributed by atoms with Gasteiger partial charge in [-0.05, 0) is 6.92 Å². The molecule has 4 nitrogen and oxygen atoms in total. The topological polar surface area (TPSA) is 75.4 Å². The van der Waals surface area contributed by atoms with Crippen LogP contribution in [0.5, 0.6) is 0 Å². The summed E-state index contributed by atoms with van der Waals surface area (Å²) in [5.74, 6) is 0. The van der Waals surface area contributed by atoms with Gasteiger partial charge in [0.2, 0.25) is 0 Å². The van der Waals surface area contributed by atoms with Gasteiger partial charge in [0.05, 0.1) is 11.4 Å². The van der Waals surface area contributed by atoms with Crippen LogP contribution in [0, 0.1) is 0 Å². The van der Waals surface area contributed by atoms with Gasteiger partial charge in [-0.2, -0.15) is 0 Å². The Hall–Kier alpha value is 0.0300. The summed E-state index contributed by atoms with van der Waals surface area (Å²) in [5.41, 5.74) is 4.88. The van der Waals surface area contributed by atoms with E-state index in [9.17, 15) is 8.76 Å². The lowest BCUT2D eigenvalue weighted by atomic mass is 10.7. The maximum atomic E-state index is 9.51. The Bertz CT molecular complexity index is 73.3. The standard InChI is InChI=1S/C2H7NO3S/c1-2(3)6-7(4)5/h2H,3H2,1H3,(H,4,5)/p-1. The fourth-order valence-electron chi connectivity index (χ4n) is 0.124. The third kappa shape index (κ3) is 6.03. The molecular formula is C2H6NO3S-. The first kappa shape index (κ1) is 7.03. The van der Waals surface area contributed by atoms with E-state index in [0.717, 1.165) is 0 Å². The van der Waals surface area contributed by atoms with Crippen molar-refractivity contribution in [2.45, 2.75) is 13.2 Å². The second-order valence-corrected chi connectivity index (χ2v) is 1.61. The second-order valence-electron chi connectivity index (χ2n) is 1.01. The average Bonchev–Trinajstić information content (AvgIpc) is 1.27. The Balaban J connectivity index is 3.13. The molecule has 0 aliphatic heterocycles. The maximum absolute atomic E-state index is 9.51. The molecule has 2 atom stereocenters. The smallest absolute Gasteiger partial charge is 0.118 e. The van der Waals surface area contributed by atoms with Crippen molar-refractivity contribution in [1.82, 2.24) is 0 Å². The highest BCUT2D eigenvalue weighted by molar-refractivity contribution is 7.74. The van der Waals surface area contributed by atoms with Crippen LogP contribution >= 0.6 is 0 Å². The summed E-state index contributed by atoms with van der Waals surface area (Å²) in [6.45, 7) is 1.43. The number of nitrogens with two attached hydrogens (primary N) is 1. The molecule has 0 saturated heterocycles. The quantitative estimate of drug-likeness (QED) is 0.382. The lowest BCUT2D eigenvalue weighted by molar-refractivity contribution is 0.226.